The second-order valence-electron chi connectivity index (χ2n) is 5.30. The Morgan fingerprint density at radius 1 is 0.762 bits per heavy atom. The van der Waals surface area contributed by atoms with E-state index in [0.29, 0.717) is 0 Å². The molecule has 0 saturated carbocycles. The van der Waals surface area contributed by atoms with Gasteiger partial charge in [-0.05, 0) is 0 Å². The molecule has 0 bridgehead atoms. The molecule has 2 fully saturated rings. The molecular formula is C12H22O9. The van der Waals surface area contributed by atoms with Gasteiger partial charge in [0.2, 0.25) is 0 Å². The average molecular weight is 310 g/mol. The van der Waals surface area contributed by atoms with Crippen LogP contribution in [-0.4, -0.2) is 93.1 Å². The van der Waals surface area contributed by atoms with Gasteiger partial charge in [-0.2, -0.15) is 0 Å². The van der Waals surface area contributed by atoms with Crippen LogP contribution in [0, 0.1) is 0 Å². The van der Waals surface area contributed by atoms with Crippen molar-refractivity contribution in [2.24, 2.45) is 0 Å². The maximum Gasteiger partial charge on any atom is 0.163 e. The molecule has 9 nitrogen and oxygen atoms in total. The molecule has 2 aliphatic rings. The molecule has 21 heavy (non-hydrogen) atoms. The third-order valence-electron chi connectivity index (χ3n) is 3.73. The first-order valence-electron chi connectivity index (χ1n) is 6.86. The molecule has 0 aromatic carbocycles. The van der Waals surface area contributed by atoms with Crippen LogP contribution in [0.1, 0.15) is 12.8 Å². The van der Waals surface area contributed by atoms with E-state index >= 15 is 0 Å². The molecule has 2 saturated heterocycles. The Morgan fingerprint density at radius 3 is 1.48 bits per heavy atom. The quantitative estimate of drug-likeness (QED) is 0.313. The Morgan fingerprint density at radius 2 is 1.14 bits per heavy atom. The van der Waals surface area contributed by atoms with Crippen molar-refractivity contribution in [2.75, 3.05) is 13.2 Å². The summed E-state index contributed by atoms with van der Waals surface area (Å²) in [6.45, 7) is -0.964. The number of hydrogen-bond donors (Lipinski definition) is 6. The predicted molar refractivity (Wildman–Crippen MR) is 65.8 cm³/mol. The van der Waals surface area contributed by atoms with Gasteiger partial charge >= 0.3 is 0 Å². The van der Waals surface area contributed by atoms with E-state index in [-0.39, 0.29) is 12.8 Å². The van der Waals surface area contributed by atoms with Crippen molar-refractivity contribution < 1.29 is 44.8 Å². The van der Waals surface area contributed by atoms with Gasteiger partial charge in [0.25, 0.3) is 0 Å². The monoisotopic (exact) mass is 310 g/mol. The Bertz CT molecular complexity index is 298. The van der Waals surface area contributed by atoms with Crippen molar-refractivity contribution in [1.82, 2.24) is 0 Å². The summed E-state index contributed by atoms with van der Waals surface area (Å²) in [5.74, 6) is 0. The zero-order valence-electron chi connectivity index (χ0n) is 11.4. The van der Waals surface area contributed by atoms with Gasteiger partial charge in [-0.15, -0.1) is 0 Å². The van der Waals surface area contributed by atoms with E-state index in [4.69, 9.17) is 24.4 Å². The van der Waals surface area contributed by atoms with Crippen LogP contribution in [0.3, 0.4) is 0 Å². The largest absolute Gasteiger partial charge is 0.394 e. The van der Waals surface area contributed by atoms with Crippen molar-refractivity contribution in [3.8, 4) is 0 Å². The van der Waals surface area contributed by atoms with Crippen LogP contribution in [0.2, 0.25) is 0 Å². The molecule has 0 radical (unpaired) electrons. The van der Waals surface area contributed by atoms with E-state index < -0.39 is 62.4 Å². The highest BCUT2D eigenvalue weighted by Gasteiger charge is 2.41. The molecule has 5 unspecified atom stereocenters. The summed E-state index contributed by atoms with van der Waals surface area (Å²) in [7, 11) is 0. The molecule has 0 aliphatic carbocycles. The van der Waals surface area contributed by atoms with Crippen LogP contribution in [0.4, 0.5) is 0 Å². The third-order valence-corrected chi connectivity index (χ3v) is 3.73. The average Bonchev–Trinajstić information content (AvgIpc) is 2.46. The van der Waals surface area contributed by atoms with Gasteiger partial charge in [-0.25, -0.2) is 0 Å². The van der Waals surface area contributed by atoms with Crippen LogP contribution < -0.4 is 0 Å². The van der Waals surface area contributed by atoms with E-state index in [1.807, 2.05) is 0 Å². The molecular weight excluding hydrogens is 288 g/mol. The van der Waals surface area contributed by atoms with Gasteiger partial charge in [0.15, 0.2) is 12.6 Å². The Hall–Kier alpha value is -0.360. The summed E-state index contributed by atoms with van der Waals surface area (Å²) < 4.78 is 16.0. The standard InChI is InChI=1S/C12H22O9/c13-3-7-11(17)5(15)1-9(19-7)21-10-2-6(16)12(18)8(4-14)20-10/h5-18H,1-4H2/t5?,6?,7?,8?,9-,10-,11+,12?/m1/s1. The van der Waals surface area contributed by atoms with Crippen LogP contribution in [0.15, 0.2) is 0 Å². The second kappa shape index (κ2) is 7.27. The molecule has 6 N–H and O–H groups in total. The first-order valence-corrected chi connectivity index (χ1v) is 6.86. The molecule has 8 atom stereocenters. The lowest BCUT2D eigenvalue weighted by Gasteiger charge is -2.40. The molecule has 0 aromatic heterocycles. The highest BCUT2D eigenvalue weighted by Crippen LogP contribution is 2.27. The van der Waals surface area contributed by atoms with Gasteiger partial charge in [0.05, 0.1) is 25.4 Å². The van der Waals surface area contributed by atoms with Gasteiger partial charge in [-0.3, -0.25) is 0 Å². The summed E-state index contributed by atoms with van der Waals surface area (Å²) >= 11 is 0. The van der Waals surface area contributed by atoms with Gasteiger partial charge in [0, 0.05) is 12.8 Å². The van der Waals surface area contributed by atoms with Crippen molar-refractivity contribution in [3.63, 3.8) is 0 Å². The number of hydrogen-bond acceptors (Lipinski definition) is 9. The van der Waals surface area contributed by atoms with E-state index in [1.165, 1.54) is 0 Å². The minimum atomic E-state index is -1.21. The molecule has 9 heteroatoms. The molecule has 0 spiro atoms. The van der Waals surface area contributed by atoms with E-state index in [0.717, 1.165) is 0 Å². The number of ether oxygens (including phenoxy) is 3. The highest BCUT2D eigenvalue weighted by molar-refractivity contribution is 4.85. The van der Waals surface area contributed by atoms with Gasteiger partial charge < -0.3 is 44.8 Å². The Kier molecular flexibility index (Phi) is 5.88. The fourth-order valence-corrected chi connectivity index (χ4v) is 2.48. The van der Waals surface area contributed by atoms with Crippen molar-refractivity contribution in [2.45, 2.75) is 62.0 Å². The summed E-state index contributed by atoms with van der Waals surface area (Å²) in [4.78, 5) is 0. The lowest BCUT2D eigenvalue weighted by molar-refractivity contribution is -0.333. The van der Waals surface area contributed by atoms with Crippen molar-refractivity contribution in [1.29, 1.82) is 0 Å². The zero-order chi connectivity index (χ0) is 15.6. The minimum Gasteiger partial charge on any atom is -0.394 e. The van der Waals surface area contributed by atoms with E-state index in [9.17, 15) is 20.4 Å². The molecule has 0 amide bonds. The number of aliphatic hydroxyl groups excluding tert-OH is 6. The summed E-state index contributed by atoms with van der Waals surface area (Å²) in [6, 6.07) is 0. The van der Waals surface area contributed by atoms with Crippen LogP contribution in [0.5, 0.6) is 0 Å². The number of rotatable bonds is 4. The first kappa shape index (κ1) is 17.0. The third kappa shape index (κ3) is 3.89. The molecule has 2 rings (SSSR count). The summed E-state index contributed by atoms with van der Waals surface area (Å²) in [5.41, 5.74) is 0. The normalized spacial score (nSPS) is 48.3. The molecule has 0 aromatic rings. The zero-order valence-corrected chi connectivity index (χ0v) is 11.4. The van der Waals surface area contributed by atoms with Crippen molar-refractivity contribution >= 4 is 0 Å². The van der Waals surface area contributed by atoms with Gasteiger partial charge in [0.1, 0.15) is 24.4 Å². The Labute approximate surface area is 121 Å². The fourth-order valence-electron chi connectivity index (χ4n) is 2.48. The van der Waals surface area contributed by atoms with E-state index in [1.54, 1.807) is 0 Å². The predicted octanol–water partition coefficient (Wildman–Crippen LogP) is -3.34. The summed E-state index contributed by atoms with van der Waals surface area (Å²) in [5, 5.41) is 56.7. The van der Waals surface area contributed by atoms with Crippen LogP contribution >= 0.6 is 0 Å². The highest BCUT2D eigenvalue weighted by atomic mass is 16.8. The maximum absolute atomic E-state index is 9.68. The lowest BCUT2D eigenvalue weighted by Crippen LogP contribution is -2.54. The van der Waals surface area contributed by atoms with Crippen molar-refractivity contribution in [3.05, 3.63) is 0 Å². The van der Waals surface area contributed by atoms with E-state index in [2.05, 4.69) is 0 Å². The Balaban J connectivity index is 1.92. The minimum absolute atomic E-state index is 0.0278. The molecule has 2 heterocycles. The lowest BCUT2D eigenvalue weighted by atomic mass is 10.0. The topological polar surface area (TPSA) is 149 Å². The van der Waals surface area contributed by atoms with Crippen LogP contribution in [0.25, 0.3) is 0 Å². The molecule has 124 valence electrons. The molecule has 2 aliphatic heterocycles. The number of aliphatic hydroxyl groups is 6. The maximum atomic E-state index is 9.68. The van der Waals surface area contributed by atoms with Crippen LogP contribution in [-0.2, 0) is 14.2 Å². The fraction of sp³-hybridized carbons (Fsp3) is 1.00. The summed E-state index contributed by atoms with van der Waals surface area (Å²) in [6.07, 6.45) is -8.54. The smallest absolute Gasteiger partial charge is 0.163 e. The second-order valence-corrected chi connectivity index (χ2v) is 5.30. The SMILES string of the molecule is OCC1O[C@H](O[C@@H]2CC(O)[C@H](O)C(CO)O2)CC(O)C1O. The first-order chi connectivity index (χ1) is 9.96. The van der Waals surface area contributed by atoms with Gasteiger partial charge in [-0.1, -0.05) is 0 Å².